The summed E-state index contributed by atoms with van der Waals surface area (Å²) in [6.45, 7) is 2.06. The number of rotatable bonds is 4. The zero-order chi connectivity index (χ0) is 21.3. The van der Waals surface area contributed by atoms with Crippen LogP contribution in [0.15, 0.2) is 16.5 Å². The number of anilines is 1. The van der Waals surface area contributed by atoms with Crippen LogP contribution in [0, 0.1) is 23.3 Å². The molecule has 0 saturated carbocycles. The lowest BCUT2D eigenvalue weighted by atomic mass is 10.1. The average Bonchev–Trinajstić information content (AvgIpc) is 3.12. The topological polar surface area (TPSA) is 45.5 Å². The summed E-state index contributed by atoms with van der Waals surface area (Å²) in [6, 6.07) is 2.63. The highest BCUT2D eigenvalue weighted by Gasteiger charge is 2.42. The second-order valence-corrected chi connectivity index (χ2v) is 6.56. The molecular formula is C18H15F7N2O2. The molecule has 1 fully saturated rings. The number of nitrogens with one attached hydrogen (secondary N) is 1. The van der Waals surface area contributed by atoms with Gasteiger partial charge in [0, 0.05) is 0 Å². The van der Waals surface area contributed by atoms with E-state index in [1.807, 2.05) is 0 Å². The van der Waals surface area contributed by atoms with Crippen LogP contribution in [0.25, 0.3) is 0 Å². The molecule has 1 saturated heterocycles. The predicted octanol–water partition coefficient (Wildman–Crippen LogP) is 5.09. The first-order chi connectivity index (χ1) is 13.6. The van der Waals surface area contributed by atoms with E-state index < -0.39 is 52.4 Å². The molecule has 2 aromatic rings. The van der Waals surface area contributed by atoms with Gasteiger partial charge >= 0.3 is 6.18 Å². The Morgan fingerprint density at radius 2 is 1.55 bits per heavy atom. The van der Waals surface area contributed by atoms with Gasteiger partial charge in [-0.25, -0.2) is 17.6 Å². The molecule has 3 rings (SSSR count). The zero-order valence-electron chi connectivity index (χ0n) is 14.8. The second-order valence-electron chi connectivity index (χ2n) is 6.56. The first-order valence-corrected chi connectivity index (χ1v) is 8.65. The van der Waals surface area contributed by atoms with E-state index in [-0.39, 0.29) is 0 Å². The SMILES string of the molecule is O=C(Nc1c(F)c(F)c(C(F)(F)F)c(F)c1F)c1ccc(CN2CCCCC2)o1. The molecule has 29 heavy (non-hydrogen) atoms. The van der Waals surface area contributed by atoms with Crippen molar-refractivity contribution in [2.24, 2.45) is 0 Å². The molecule has 158 valence electrons. The van der Waals surface area contributed by atoms with E-state index >= 15 is 0 Å². The lowest BCUT2D eigenvalue weighted by Crippen LogP contribution is -2.28. The maximum absolute atomic E-state index is 13.9. The van der Waals surface area contributed by atoms with Crippen LogP contribution in [0.3, 0.4) is 0 Å². The van der Waals surface area contributed by atoms with Crippen LogP contribution in [0.4, 0.5) is 36.4 Å². The third kappa shape index (κ3) is 4.39. The molecular weight excluding hydrogens is 409 g/mol. The molecule has 1 aromatic carbocycles. The summed E-state index contributed by atoms with van der Waals surface area (Å²) in [7, 11) is 0. The van der Waals surface area contributed by atoms with Crippen molar-refractivity contribution in [3.05, 3.63) is 52.5 Å². The number of carbonyl (C=O) groups excluding carboxylic acids is 1. The number of furan rings is 1. The van der Waals surface area contributed by atoms with E-state index in [1.54, 1.807) is 0 Å². The minimum Gasteiger partial charge on any atom is -0.455 e. The molecule has 1 aliphatic heterocycles. The molecule has 0 atom stereocenters. The normalized spacial score (nSPS) is 15.6. The molecule has 1 aromatic heterocycles. The number of carbonyl (C=O) groups is 1. The van der Waals surface area contributed by atoms with Crippen LogP contribution in [0.2, 0.25) is 0 Å². The summed E-state index contributed by atoms with van der Waals surface area (Å²) in [5, 5.41) is 1.53. The van der Waals surface area contributed by atoms with Crippen molar-refractivity contribution >= 4 is 11.6 Å². The standard InChI is InChI=1S/C18H15F7N2O2/c19-12-11(18(23,24)25)13(20)15(22)16(14(12)21)26-17(28)10-5-4-9(29-10)8-27-6-2-1-3-7-27/h4-5H,1-3,6-8H2,(H,26,28). The van der Waals surface area contributed by atoms with Crippen LogP contribution in [-0.4, -0.2) is 23.9 Å². The molecule has 0 bridgehead atoms. The molecule has 0 aliphatic carbocycles. The van der Waals surface area contributed by atoms with Crippen molar-refractivity contribution in [2.45, 2.75) is 32.0 Å². The summed E-state index contributed by atoms with van der Waals surface area (Å²) in [6.07, 6.45) is -2.53. The lowest BCUT2D eigenvalue weighted by molar-refractivity contribution is -0.143. The quantitative estimate of drug-likeness (QED) is 0.549. The van der Waals surface area contributed by atoms with Crippen LogP contribution in [0.5, 0.6) is 0 Å². The number of hydrogen-bond acceptors (Lipinski definition) is 3. The van der Waals surface area contributed by atoms with Gasteiger partial charge in [0.25, 0.3) is 5.91 Å². The van der Waals surface area contributed by atoms with Crippen LogP contribution in [0.1, 0.15) is 41.1 Å². The fourth-order valence-electron chi connectivity index (χ4n) is 3.09. The van der Waals surface area contributed by atoms with Crippen molar-refractivity contribution in [3.63, 3.8) is 0 Å². The Hall–Kier alpha value is -2.56. The third-order valence-corrected chi connectivity index (χ3v) is 4.50. The molecule has 2 heterocycles. The van der Waals surface area contributed by atoms with E-state index in [0.717, 1.165) is 32.4 Å². The minimum absolute atomic E-state index is 0.378. The van der Waals surface area contributed by atoms with Crippen molar-refractivity contribution in [1.29, 1.82) is 0 Å². The summed E-state index contributed by atoms with van der Waals surface area (Å²) in [5.74, 6) is -11.4. The van der Waals surface area contributed by atoms with Crippen LogP contribution < -0.4 is 5.32 Å². The highest BCUT2D eigenvalue weighted by molar-refractivity contribution is 6.02. The fourth-order valence-corrected chi connectivity index (χ4v) is 3.09. The monoisotopic (exact) mass is 424 g/mol. The summed E-state index contributed by atoms with van der Waals surface area (Å²) in [4.78, 5) is 14.2. The van der Waals surface area contributed by atoms with Crippen molar-refractivity contribution in [3.8, 4) is 0 Å². The Morgan fingerprint density at radius 1 is 0.966 bits per heavy atom. The molecule has 1 amide bonds. The molecule has 1 N–H and O–H groups in total. The van der Waals surface area contributed by atoms with Gasteiger partial charge in [-0.1, -0.05) is 6.42 Å². The minimum atomic E-state index is -5.66. The number of nitrogens with zero attached hydrogens (tertiary/aromatic N) is 1. The molecule has 0 radical (unpaired) electrons. The first kappa shape index (κ1) is 21.2. The molecule has 0 spiro atoms. The Kier molecular flexibility index (Phi) is 5.87. The number of likely N-dealkylation sites (tertiary alicyclic amines) is 1. The Morgan fingerprint density at radius 3 is 2.10 bits per heavy atom. The number of amides is 1. The van der Waals surface area contributed by atoms with Gasteiger partial charge in [0.05, 0.1) is 6.54 Å². The van der Waals surface area contributed by atoms with Gasteiger partial charge in [-0.05, 0) is 38.1 Å². The van der Waals surface area contributed by atoms with Crippen molar-refractivity contribution < 1.29 is 39.9 Å². The summed E-state index contributed by atoms with van der Waals surface area (Å²) in [5.41, 5.74) is -4.39. The van der Waals surface area contributed by atoms with Crippen LogP contribution in [-0.2, 0) is 12.7 Å². The van der Waals surface area contributed by atoms with Crippen LogP contribution >= 0.6 is 0 Å². The number of alkyl halides is 3. The van der Waals surface area contributed by atoms with E-state index in [9.17, 15) is 35.5 Å². The fraction of sp³-hybridized carbons (Fsp3) is 0.389. The predicted molar refractivity (Wildman–Crippen MR) is 87.1 cm³/mol. The molecule has 11 heteroatoms. The second kappa shape index (κ2) is 8.05. The van der Waals surface area contributed by atoms with Crippen molar-refractivity contribution in [2.75, 3.05) is 18.4 Å². The summed E-state index contributed by atoms with van der Waals surface area (Å²) >= 11 is 0. The average molecular weight is 424 g/mol. The molecule has 1 aliphatic rings. The Bertz CT molecular complexity index is 889. The smallest absolute Gasteiger partial charge is 0.422 e. The largest absolute Gasteiger partial charge is 0.455 e. The van der Waals surface area contributed by atoms with E-state index in [0.29, 0.717) is 12.3 Å². The van der Waals surface area contributed by atoms with E-state index in [2.05, 4.69) is 4.90 Å². The summed E-state index contributed by atoms with van der Waals surface area (Å²) < 4.78 is 98.1. The maximum Gasteiger partial charge on any atom is 0.422 e. The Balaban J connectivity index is 1.81. The molecule has 4 nitrogen and oxygen atoms in total. The third-order valence-electron chi connectivity index (χ3n) is 4.50. The lowest BCUT2D eigenvalue weighted by Gasteiger charge is -2.25. The Labute approximate surface area is 160 Å². The van der Waals surface area contributed by atoms with Gasteiger partial charge in [-0.15, -0.1) is 0 Å². The van der Waals surface area contributed by atoms with Gasteiger partial charge in [0.1, 0.15) is 17.0 Å². The highest BCUT2D eigenvalue weighted by Crippen LogP contribution is 2.38. The number of hydrogen-bond donors (Lipinski definition) is 1. The van der Waals surface area contributed by atoms with Gasteiger partial charge in [0.2, 0.25) is 0 Å². The maximum atomic E-state index is 13.9. The van der Waals surface area contributed by atoms with Gasteiger partial charge in [-0.2, -0.15) is 13.2 Å². The van der Waals surface area contributed by atoms with Crippen molar-refractivity contribution in [1.82, 2.24) is 4.90 Å². The first-order valence-electron chi connectivity index (χ1n) is 8.65. The van der Waals surface area contributed by atoms with Gasteiger partial charge in [0.15, 0.2) is 29.0 Å². The number of benzene rings is 1. The number of piperidine rings is 1. The number of halogens is 7. The van der Waals surface area contributed by atoms with Gasteiger partial charge in [-0.3, -0.25) is 9.69 Å². The van der Waals surface area contributed by atoms with E-state index in [4.69, 9.17) is 4.42 Å². The zero-order valence-corrected chi connectivity index (χ0v) is 14.8. The highest BCUT2D eigenvalue weighted by atomic mass is 19.4. The molecule has 0 unspecified atom stereocenters. The van der Waals surface area contributed by atoms with E-state index in [1.165, 1.54) is 17.4 Å². The van der Waals surface area contributed by atoms with Gasteiger partial charge < -0.3 is 9.73 Å².